The number of carboxylic acid groups (broad SMARTS) is 1. The highest BCUT2D eigenvalue weighted by molar-refractivity contribution is 7.13. The van der Waals surface area contributed by atoms with E-state index in [0.29, 0.717) is 11.6 Å². The second kappa shape index (κ2) is 5.13. The van der Waals surface area contributed by atoms with Gasteiger partial charge in [0.05, 0.1) is 10.6 Å². The minimum Gasteiger partial charge on any atom is -0.476 e. The molecule has 1 N–H and O–H groups in total. The fourth-order valence-corrected chi connectivity index (χ4v) is 2.73. The van der Waals surface area contributed by atoms with E-state index in [1.165, 1.54) is 16.0 Å². The van der Waals surface area contributed by atoms with Gasteiger partial charge < -0.3 is 9.52 Å². The first-order valence-corrected chi connectivity index (χ1v) is 7.08. The van der Waals surface area contributed by atoms with Gasteiger partial charge in [-0.2, -0.15) is 0 Å². The molecule has 0 atom stereocenters. The van der Waals surface area contributed by atoms with Crippen LogP contribution in [0.3, 0.4) is 0 Å². The zero-order valence-corrected chi connectivity index (χ0v) is 12.2. The van der Waals surface area contributed by atoms with Crippen LogP contribution in [-0.4, -0.2) is 31.1 Å². The Labute approximate surface area is 123 Å². The number of thiophene rings is 1. The third kappa shape index (κ3) is 2.45. The Bertz CT molecular complexity index is 769. The van der Waals surface area contributed by atoms with Crippen molar-refractivity contribution in [2.75, 3.05) is 0 Å². The fraction of sp³-hybridized carbons (Fsp3) is 0.231. The molecule has 0 aliphatic rings. The standard InChI is InChI=1S/C13H12N4O3S/c1-7-8(2)20-10(14-7)6-17-12(9-4-3-5-21-9)11(13(18)19)15-16-17/h3-5H,6H2,1-2H3,(H,18,19). The van der Waals surface area contributed by atoms with E-state index < -0.39 is 5.97 Å². The van der Waals surface area contributed by atoms with Crippen LogP contribution in [0.15, 0.2) is 21.9 Å². The summed E-state index contributed by atoms with van der Waals surface area (Å²) in [7, 11) is 0. The first-order valence-electron chi connectivity index (χ1n) is 6.20. The molecule has 0 bridgehead atoms. The molecule has 7 nitrogen and oxygen atoms in total. The van der Waals surface area contributed by atoms with Gasteiger partial charge in [0.25, 0.3) is 0 Å². The Morgan fingerprint density at radius 2 is 2.29 bits per heavy atom. The van der Waals surface area contributed by atoms with Gasteiger partial charge in [0, 0.05) is 0 Å². The van der Waals surface area contributed by atoms with Crippen LogP contribution in [0.5, 0.6) is 0 Å². The predicted octanol–water partition coefficient (Wildman–Crippen LogP) is 2.36. The fourth-order valence-electron chi connectivity index (χ4n) is 1.96. The number of aromatic carboxylic acids is 1. The normalized spacial score (nSPS) is 11.0. The lowest BCUT2D eigenvalue weighted by Crippen LogP contribution is -2.05. The van der Waals surface area contributed by atoms with Crippen molar-refractivity contribution in [1.82, 2.24) is 20.0 Å². The summed E-state index contributed by atoms with van der Waals surface area (Å²) in [5.41, 5.74) is 1.20. The van der Waals surface area contributed by atoms with Gasteiger partial charge in [-0.05, 0) is 25.3 Å². The molecular formula is C13H12N4O3S. The van der Waals surface area contributed by atoms with Gasteiger partial charge in [0.2, 0.25) is 5.89 Å². The maximum atomic E-state index is 11.3. The van der Waals surface area contributed by atoms with Crippen molar-refractivity contribution in [3.63, 3.8) is 0 Å². The third-order valence-electron chi connectivity index (χ3n) is 3.05. The second-order valence-corrected chi connectivity index (χ2v) is 5.42. The summed E-state index contributed by atoms with van der Waals surface area (Å²) in [6, 6.07) is 3.68. The van der Waals surface area contributed by atoms with Gasteiger partial charge in [-0.1, -0.05) is 11.3 Å². The minimum absolute atomic E-state index is 0.0718. The van der Waals surface area contributed by atoms with E-state index >= 15 is 0 Å². The quantitative estimate of drug-likeness (QED) is 0.795. The van der Waals surface area contributed by atoms with Crippen LogP contribution in [0.25, 0.3) is 10.6 Å². The maximum absolute atomic E-state index is 11.3. The molecular weight excluding hydrogens is 292 g/mol. The molecule has 0 unspecified atom stereocenters. The number of hydrogen-bond acceptors (Lipinski definition) is 6. The van der Waals surface area contributed by atoms with Gasteiger partial charge in [-0.25, -0.2) is 14.5 Å². The van der Waals surface area contributed by atoms with E-state index in [2.05, 4.69) is 15.3 Å². The highest BCUT2D eigenvalue weighted by atomic mass is 32.1. The molecule has 3 rings (SSSR count). The highest BCUT2D eigenvalue weighted by Crippen LogP contribution is 2.27. The molecule has 0 radical (unpaired) electrons. The van der Waals surface area contributed by atoms with E-state index in [1.807, 2.05) is 31.4 Å². The molecule has 3 aromatic heterocycles. The van der Waals surface area contributed by atoms with Gasteiger partial charge in [-0.3, -0.25) is 0 Å². The predicted molar refractivity (Wildman–Crippen MR) is 75.4 cm³/mol. The number of rotatable bonds is 4. The van der Waals surface area contributed by atoms with Crippen molar-refractivity contribution in [2.45, 2.75) is 20.4 Å². The largest absolute Gasteiger partial charge is 0.476 e. The van der Waals surface area contributed by atoms with Gasteiger partial charge in [0.1, 0.15) is 18.0 Å². The van der Waals surface area contributed by atoms with Crippen molar-refractivity contribution >= 4 is 17.3 Å². The van der Waals surface area contributed by atoms with Crippen LogP contribution >= 0.6 is 11.3 Å². The minimum atomic E-state index is -1.11. The molecule has 21 heavy (non-hydrogen) atoms. The highest BCUT2D eigenvalue weighted by Gasteiger charge is 2.22. The Morgan fingerprint density at radius 3 is 2.86 bits per heavy atom. The lowest BCUT2D eigenvalue weighted by molar-refractivity contribution is 0.0691. The second-order valence-electron chi connectivity index (χ2n) is 4.48. The molecule has 0 amide bonds. The average molecular weight is 304 g/mol. The zero-order valence-electron chi connectivity index (χ0n) is 11.4. The Hall–Kier alpha value is -2.48. The summed E-state index contributed by atoms with van der Waals surface area (Å²) in [6.45, 7) is 3.92. The van der Waals surface area contributed by atoms with Gasteiger partial charge in [0.15, 0.2) is 5.69 Å². The molecule has 0 aromatic carbocycles. The average Bonchev–Trinajstić information content (AvgIpc) is 3.11. The lowest BCUT2D eigenvalue weighted by Gasteiger charge is -2.02. The van der Waals surface area contributed by atoms with Gasteiger partial charge >= 0.3 is 5.97 Å². The first kappa shape index (κ1) is 13.5. The summed E-state index contributed by atoms with van der Waals surface area (Å²) in [5.74, 6) is 0.107. The van der Waals surface area contributed by atoms with Crippen molar-refractivity contribution in [1.29, 1.82) is 0 Å². The molecule has 108 valence electrons. The number of oxazole rings is 1. The molecule has 3 heterocycles. The number of nitrogens with zero attached hydrogens (tertiary/aromatic N) is 4. The number of aryl methyl sites for hydroxylation is 2. The SMILES string of the molecule is Cc1nc(Cn2nnc(C(=O)O)c2-c2cccs2)oc1C. The number of carbonyl (C=O) groups is 1. The summed E-state index contributed by atoms with van der Waals surface area (Å²) < 4.78 is 7.02. The monoisotopic (exact) mass is 304 g/mol. The first-order chi connectivity index (χ1) is 10.1. The van der Waals surface area contributed by atoms with Crippen molar-refractivity contribution < 1.29 is 14.3 Å². The lowest BCUT2D eigenvalue weighted by atomic mass is 10.2. The maximum Gasteiger partial charge on any atom is 0.358 e. The van der Waals surface area contributed by atoms with Crippen LogP contribution < -0.4 is 0 Å². The third-order valence-corrected chi connectivity index (χ3v) is 3.93. The number of carboxylic acids is 1. The van der Waals surface area contributed by atoms with E-state index in [9.17, 15) is 9.90 Å². The molecule has 8 heteroatoms. The molecule has 0 saturated carbocycles. The molecule has 0 aliphatic carbocycles. The summed E-state index contributed by atoms with van der Waals surface area (Å²) in [5, 5.41) is 18.8. The topological polar surface area (TPSA) is 94.0 Å². The smallest absolute Gasteiger partial charge is 0.358 e. The Morgan fingerprint density at radius 1 is 1.48 bits per heavy atom. The summed E-state index contributed by atoms with van der Waals surface area (Å²) >= 11 is 1.43. The van der Waals surface area contributed by atoms with Crippen molar-refractivity contribution in [3.05, 3.63) is 40.6 Å². The zero-order chi connectivity index (χ0) is 15.0. The van der Waals surface area contributed by atoms with Crippen LogP contribution in [0, 0.1) is 13.8 Å². The molecule has 3 aromatic rings. The van der Waals surface area contributed by atoms with E-state index in [1.54, 1.807) is 0 Å². The van der Waals surface area contributed by atoms with Crippen LogP contribution in [0.1, 0.15) is 27.8 Å². The van der Waals surface area contributed by atoms with Crippen molar-refractivity contribution in [3.8, 4) is 10.6 Å². The Kier molecular flexibility index (Phi) is 3.30. The number of aromatic nitrogens is 4. The molecule has 0 fully saturated rings. The Balaban J connectivity index is 2.04. The van der Waals surface area contributed by atoms with Crippen LogP contribution in [0.4, 0.5) is 0 Å². The molecule has 0 spiro atoms. The van der Waals surface area contributed by atoms with E-state index in [0.717, 1.165) is 16.3 Å². The summed E-state index contributed by atoms with van der Waals surface area (Å²) in [6.07, 6.45) is 0. The van der Waals surface area contributed by atoms with Crippen LogP contribution in [-0.2, 0) is 6.54 Å². The van der Waals surface area contributed by atoms with Crippen LogP contribution in [0.2, 0.25) is 0 Å². The number of hydrogen-bond donors (Lipinski definition) is 1. The molecule has 0 saturated heterocycles. The van der Waals surface area contributed by atoms with Crippen molar-refractivity contribution in [2.24, 2.45) is 0 Å². The molecule has 0 aliphatic heterocycles. The van der Waals surface area contributed by atoms with E-state index in [-0.39, 0.29) is 12.2 Å². The van der Waals surface area contributed by atoms with E-state index in [4.69, 9.17) is 4.42 Å². The summed E-state index contributed by atoms with van der Waals surface area (Å²) in [4.78, 5) is 16.4. The van der Waals surface area contributed by atoms with Gasteiger partial charge in [-0.15, -0.1) is 16.4 Å².